The summed E-state index contributed by atoms with van der Waals surface area (Å²) in [5, 5.41) is 4.02. The summed E-state index contributed by atoms with van der Waals surface area (Å²) in [6, 6.07) is 6.07. The van der Waals surface area contributed by atoms with Crippen LogP contribution in [0.4, 0.5) is 0 Å². The molecule has 19 heavy (non-hydrogen) atoms. The number of halogens is 1. The number of hydrogen-bond donors (Lipinski definition) is 1. The number of rotatable bonds is 6. The molecule has 0 aliphatic carbocycles. The average Bonchev–Trinajstić information content (AvgIpc) is 2.81. The van der Waals surface area contributed by atoms with Gasteiger partial charge in [-0.05, 0) is 24.6 Å². The third kappa shape index (κ3) is 3.56. The standard InChI is InChI=1S/C14H18ClN3O/c1-11-17-5-7-18(11)14-4-3-12(9-13(14)15)10-16-6-8-19-2/h3-5,7,9,16H,6,8,10H2,1-2H3. The van der Waals surface area contributed by atoms with E-state index in [9.17, 15) is 0 Å². The van der Waals surface area contributed by atoms with Gasteiger partial charge in [0.2, 0.25) is 0 Å². The normalized spacial score (nSPS) is 10.9. The highest BCUT2D eigenvalue weighted by molar-refractivity contribution is 6.32. The molecule has 2 rings (SSSR count). The van der Waals surface area contributed by atoms with E-state index < -0.39 is 0 Å². The number of imidazole rings is 1. The highest BCUT2D eigenvalue weighted by atomic mass is 35.5. The molecular weight excluding hydrogens is 262 g/mol. The number of nitrogens with one attached hydrogen (secondary N) is 1. The Balaban J connectivity index is 2.07. The Labute approximate surface area is 118 Å². The van der Waals surface area contributed by atoms with Crippen molar-refractivity contribution in [3.05, 3.63) is 47.0 Å². The van der Waals surface area contributed by atoms with Crippen LogP contribution in [0.15, 0.2) is 30.6 Å². The molecule has 5 heteroatoms. The van der Waals surface area contributed by atoms with Crippen molar-refractivity contribution in [2.75, 3.05) is 20.3 Å². The summed E-state index contributed by atoms with van der Waals surface area (Å²) in [7, 11) is 1.70. The van der Waals surface area contributed by atoms with Crippen molar-refractivity contribution in [2.45, 2.75) is 13.5 Å². The second-order valence-corrected chi connectivity index (χ2v) is 4.71. The molecule has 0 radical (unpaired) electrons. The van der Waals surface area contributed by atoms with Crippen LogP contribution in [0.3, 0.4) is 0 Å². The maximum atomic E-state index is 6.33. The fourth-order valence-electron chi connectivity index (χ4n) is 1.90. The minimum atomic E-state index is 0.708. The van der Waals surface area contributed by atoms with Crippen LogP contribution >= 0.6 is 11.6 Å². The maximum absolute atomic E-state index is 6.33. The van der Waals surface area contributed by atoms with E-state index in [-0.39, 0.29) is 0 Å². The Morgan fingerprint density at radius 2 is 2.26 bits per heavy atom. The number of methoxy groups -OCH3 is 1. The van der Waals surface area contributed by atoms with Gasteiger partial charge in [-0.1, -0.05) is 17.7 Å². The largest absolute Gasteiger partial charge is 0.383 e. The summed E-state index contributed by atoms with van der Waals surface area (Å²) in [4.78, 5) is 4.20. The molecule has 0 amide bonds. The molecular formula is C14H18ClN3O. The second-order valence-electron chi connectivity index (χ2n) is 4.30. The van der Waals surface area contributed by atoms with Crippen molar-refractivity contribution in [2.24, 2.45) is 0 Å². The van der Waals surface area contributed by atoms with Crippen LogP contribution < -0.4 is 5.32 Å². The van der Waals surface area contributed by atoms with Gasteiger partial charge in [0.25, 0.3) is 0 Å². The molecule has 0 saturated heterocycles. The topological polar surface area (TPSA) is 39.1 Å². The average molecular weight is 280 g/mol. The molecule has 1 aromatic carbocycles. The van der Waals surface area contributed by atoms with E-state index in [0.29, 0.717) is 6.61 Å². The van der Waals surface area contributed by atoms with Crippen LogP contribution in [0.1, 0.15) is 11.4 Å². The predicted octanol–water partition coefficient (Wildman–Crippen LogP) is 2.57. The Morgan fingerprint density at radius 1 is 1.42 bits per heavy atom. The van der Waals surface area contributed by atoms with E-state index >= 15 is 0 Å². The van der Waals surface area contributed by atoms with Crippen molar-refractivity contribution in [1.82, 2.24) is 14.9 Å². The molecule has 0 aliphatic heterocycles. The quantitative estimate of drug-likeness (QED) is 0.826. The SMILES string of the molecule is COCCNCc1ccc(-n2ccnc2C)c(Cl)c1. The van der Waals surface area contributed by atoms with E-state index in [1.54, 1.807) is 13.3 Å². The third-order valence-corrected chi connectivity index (χ3v) is 3.21. The van der Waals surface area contributed by atoms with Crippen LogP contribution in [0, 0.1) is 6.92 Å². The first-order chi connectivity index (χ1) is 9.22. The number of nitrogens with zero attached hydrogens (tertiary/aromatic N) is 2. The maximum Gasteiger partial charge on any atom is 0.110 e. The van der Waals surface area contributed by atoms with Gasteiger partial charge in [-0.25, -0.2) is 4.98 Å². The molecule has 0 bridgehead atoms. The van der Waals surface area contributed by atoms with Crippen LogP contribution in [0.2, 0.25) is 5.02 Å². The van der Waals surface area contributed by atoms with Gasteiger partial charge in [0.15, 0.2) is 0 Å². The van der Waals surface area contributed by atoms with E-state index in [4.69, 9.17) is 16.3 Å². The fourth-order valence-corrected chi connectivity index (χ4v) is 2.19. The van der Waals surface area contributed by atoms with Crippen molar-refractivity contribution >= 4 is 11.6 Å². The molecule has 102 valence electrons. The van der Waals surface area contributed by atoms with Crippen LogP contribution in [0.25, 0.3) is 5.69 Å². The summed E-state index contributed by atoms with van der Waals surface area (Å²) in [6.45, 7) is 4.28. The van der Waals surface area contributed by atoms with Gasteiger partial charge >= 0.3 is 0 Å². The number of benzene rings is 1. The molecule has 2 aromatic rings. The van der Waals surface area contributed by atoms with Gasteiger partial charge in [-0.15, -0.1) is 0 Å². The van der Waals surface area contributed by atoms with E-state index in [1.807, 2.05) is 29.8 Å². The Hall–Kier alpha value is -1.36. The van der Waals surface area contributed by atoms with Gasteiger partial charge in [-0.3, -0.25) is 0 Å². The van der Waals surface area contributed by atoms with Gasteiger partial charge in [0, 0.05) is 32.6 Å². The lowest BCUT2D eigenvalue weighted by molar-refractivity contribution is 0.199. The highest BCUT2D eigenvalue weighted by Gasteiger charge is 2.06. The van der Waals surface area contributed by atoms with E-state index in [0.717, 1.165) is 35.2 Å². The lowest BCUT2D eigenvalue weighted by Gasteiger charge is -2.10. The van der Waals surface area contributed by atoms with Crippen LogP contribution in [-0.2, 0) is 11.3 Å². The van der Waals surface area contributed by atoms with Crippen LogP contribution in [0.5, 0.6) is 0 Å². The molecule has 0 fully saturated rings. The highest BCUT2D eigenvalue weighted by Crippen LogP contribution is 2.22. The summed E-state index contributed by atoms with van der Waals surface area (Å²) in [5.41, 5.74) is 2.11. The summed E-state index contributed by atoms with van der Waals surface area (Å²) in [5.74, 6) is 0.924. The lowest BCUT2D eigenvalue weighted by Crippen LogP contribution is -2.18. The number of hydrogen-bond acceptors (Lipinski definition) is 3. The molecule has 0 saturated carbocycles. The zero-order valence-electron chi connectivity index (χ0n) is 11.2. The zero-order valence-corrected chi connectivity index (χ0v) is 11.9. The van der Waals surface area contributed by atoms with Gasteiger partial charge in [0.05, 0.1) is 17.3 Å². The smallest absolute Gasteiger partial charge is 0.110 e. The monoisotopic (exact) mass is 279 g/mol. The predicted molar refractivity (Wildman–Crippen MR) is 76.9 cm³/mol. The third-order valence-electron chi connectivity index (χ3n) is 2.91. The molecule has 4 nitrogen and oxygen atoms in total. The molecule has 1 N–H and O–H groups in total. The molecule has 0 spiro atoms. The van der Waals surface area contributed by atoms with E-state index in [2.05, 4.69) is 16.4 Å². The Kier molecular flexibility index (Phi) is 4.96. The fraction of sp³-hybridized carbons (Fsp3) is 0.357. The molecule has 0 atom stereocenters. The van der Waals surface area contributed by atoms with Crippen molar-refractivity contribution < 1.29 is 4.74 Å². The first kappa shape index (κ1) is 14.1. The van der Waals surface area contributed by atoms with Gasteiger partial charge < -0.3 is 14.6 Å². The van der Waals surface area contributed by atoms with Crippen molar-refractivity contribution in [3.8, 4) is 5.69 Å². The molecule has 1 aromatic heterocycles. The second kappa shape index (κ2) is 6.70. The number of aromatic nitrogens is 2. The minimum Gasteiger partial charge on any atom is -0.383 e. The Morgan fingerprint density at radius 3 is 2.89 bits per heavy atom. The lowest BCUT2D eigenvalue weighted by atomic mass is 10.2. The minimum absolute atomic E-state index is 0.708. The summed E-state index contributed by atoms with van der Waals surface area (Å²) >= 11 is 6.33. The molecule has 0 aliphatic rings. The molecule has 1 heterocycles. The van der Waals surface area contributed by atoms with Gasteiger partial charge in [-0.2, -0.15) is 0 Å². The molecule has 0 unspecified atom stereocenters. The van der Waals surface area contributed by atoms with Gasteiger partial charge in [0.1, 0.15) is 5.82 Å². The van der Waals surface area contributed by atoms with Crippen molar-refractivity contribution in [1.29, 1.82) is 0 Å². The first-order valence-corrected chi connectivity index (χ1v) is 6.58. The summed E-state index contributed by atoms with van der Waals surface area (Å²) < 4.78 is 6.96. The van der Waals surface area contributed by atoms with Crippen molar-refractivity contribution in [3.63, 3.8) is 0 Å². The van der Waals surface area contributed by atoms with E-state index in [1.165, 1.54) is 0 Å². The number of ether oxygens (including phenoxy) is 1. The first-order valence-electron chi connectivity index (χ1n) is 6.21. The Bertz CT molecular complexity index is 539. The summed E-state index contributed by atoms with van der Waals surface area (Å²) in [6.07, 6.45) is 3.68. The zero-order chi connectivity index (χ0) is 13.7. The number of aryl methyl sites for hydroxylation is 1. The van der Waals surface area contributed by atoms with Crippen LogP contribution in [-0.4, -0.2) is 29.8 Å².